The molecule has 0 saturated carbocycles. The van der Waals surface area contributed by atoms with E-state index in [0.717, 1.165) is 16.6 Å². The molecule has 102 valence electrons. The quantitative estimate of drug-likeness (QED) is 0.821. The maximum absolute atomic E-state index is 6.08. The summed E-state index contributed by atoms with van der Waals surface area (Å²) in [4.78, 5) is 1.26. The standard InChI is InChI=1S/C14H15BrClNOS/c1-3-17-13(14-10(15)6-7-19-14)9-4-5-11(16)12(8-9)18-2/h4-8,13,17H,3H2,1-2H3. The lowest BCUT2D eigenvalue weighted by Crippen LogP contribution is -2.21. The smallest absolute Gasteiger partial charge is 0.137 e. The van der Waals surface area contributed by atoms with E-state index in [4.69, 9.17) is 16.3 Å². The summed E-state index contributed by atoms with van der Waals surface area (Å²) in [6.45, 7) is 2.99. The molecule has 1 unspecified atom stereocenters. The Bertz CT molecular complexity index is 558. The first kappa shape index (κ1) is 14.9. The SMILES string of the molecule is CCNC(c1ccc(Cl)c(OC)c1)c1sccc1Br. The van der Waals surface area contributed by atoms with Crippen LogP contribution in [0.25, 0.3) is 0 Å². The predicted molar refractivity (Wildman–Crippen MR) is 85.5 cm³/mol. The summed E-state index contributed by atoms with van der Waals surface area (Å²) in [6, 6.07) is 8.11. The number of benzene rings is 1. The minimum atomic E-state index is 0.144. The Kier molecular flexibility index (Phi) is 5.28. The van der Waals surface area contributed by atoms with Crippen LogP contribution in [-0.4, -0.2) is 13.7 Å². The fourth-order valence-electron chi connectivity index (χ4n) is 1.93. The molecule has 0 fully saturated rings. The summed E-state index contributed by atoms with van der Waals surface area (Å²) >= 11 is 11.4. The molecule has 5 heteroatoms. The molecule has 0 amide bonds. The zero-order chi connectivity index (χ0) is 13.8. The van der Waals surface area contributed by atoms with Gasteiger partial charge in [-0.2, -0.15) is 0 Å². The van der Waals surface area contributed by atoms with E-state index in [-0.39, 0.29) is 6.04 Å². The van der Waals surface area contributed by atoms with E-state index in [1.807, 2.05) is 18.2 Å². The van der Waals surface area contributed by atoms with E-state index in [1.54, 1.807) is 18.4 Å². The molecule has 0 aliphatic carbocycles. The maximum atomic E-state index is 6.08. The first-order valence-corrected chi connectivity index (χ1v) is 8.02. The Morgan fingerprint density at radius 3 is 2.79 bits per heavy atom. The Morgan fingerprint density at radius 2 is 2.21 bits per heavy atom. The van der Waals surface area contributed by atoms with Crippen molar-refractivity contribution in [2.45, 2.75) is 13.0 Å². The summed E-state index contributed by atoms with van der Waals surface area (Å²) in [5.41, 5.74) is 1.14. The van der Waals surface area contributed by atoms with Crippen LogP contribution in [0.4, 0.5) is 0 Å². The summed E-state index contributed by atoms with van der Waals surface area (Å²) in [7, 11) is 1.63. The van der Waals surface area contributed by atoms with Crippen molar-refractivity contribution in [1.29, 1.82) is 0 Å². The zero-order valence-corrected chi connectivity index (χ0v) is 13.9. The van der Waals surface area contributed by atoms with Gasteiger partial charge in [-0.05, 0) is 51.6 Å². The molecule has 0 aliphatic rings. The first-order chi connectivity index (χ1) is 9.17. The van der Waals surface area contributed by atoms with Crippen molar-refractivity contribution < 1.29 is 4.74 Å². The molecule has 1 aromatic carbocycles. The van der Waals surface area contributed by atoms with E-state index in [1.165, 1.54) is 4.88 Å². The molecule has 0 bridgehead atoms. The highest BCUT2D eigenvalue weighted by molar-refractivity contribution is 9.10. The molecular weight excluding hydrogens is 346 g/mol. The first-order valence-electron chi connectivity index (χ1n) is 5.97. The molecule has 2 nitrogen and oxygen atoms in total. The van der Waals surface area contributed by atoms with Gasteiger partial charge in [-0.15, -0.1) is 11.3 Å². The zero-order valence-electron chi connectivity index (χ0n) is 10.7. The number of hydrogen-bond donors (Lipinski definition) is 1. The van der Waals surface area contributed by atoms with E-state index in [2.05, 4.69) is 39.6 Å². The Labute approximate surface area is 130 Å². The van der Waals surface area contributed by atoms with Crippen LogP contribution < -0.4 is 10.1 Å². The summed E-state index contributed by atoms with van der Waals surface area (Å²) in [5, 5.41) is 6.21. The average molecular weight is 361 g/mol. The lowest BCUT2D eigenvalue weighted by Gasteiger charge is -2.19. The third kappa shape index (κ3) is 3.31. The van der Waals surface area contributed by atoms with Crippen molar-refractivity contribution in [3.63, 3.8) is 0 Å². The fraction of sp³-hybridized carbons (Fsp3) is 0.286. The van der Waals surface area contributed by atoms with Gasteiger partial charge in [0.1, 0.15) is 5.75 Å². The molecule has 1 heterocycles. The summed E-state index contributed by atoms with van der Waals surface area (Å²) in [6.07, 6.45) is 0. The minimum Gasteiger partial charge on any atom is -0.495 e. The van der Waals surface area contributed by atoms with Crippen molar-refractivity contribution in [1.82, 2.24) is 5.32 Å². The van der Waals surface area contributed by atoms with Crippen LogP contribution in [-0.2, 0) is 0 Å². The molecule has 0 saturated heterocycles. The second-order valence-electron chi connectivity index (χ2n) is 4.02. The van der Waals surface area contributed by atoms with Gasteiger partial charge in [0, 0.05) is 9.35 Å². The molecule has 1 atom stereocenters. The summed E-state index contributed by atoms with van der Waals surface area (Å²) in [5.74, 6) is 0.703. The van der Waals surface area contributed by atoms with Gasteiger partial charge in [0.15, 0.2) is 0 Å². The van der Waals surface area contributed by atoms with E-state index in [0.29, 0.717) is 10.8 Å². The minimum absolute atomic E-state index is 0.144. The molecule has 1 N–H and O–H groups in total. The van der Waals surface area contributed by atoms with Crippen molar-refractivity contribution in [2.24, 2.45) is 0 Å². The van der Waals surface area contributed by atoms with Gasteiger partial charge in [-0.3, -0.25) is 0 Å². The molecule has 0 radical (unpaired) electrons. The molecule has 2 rings (SSSR count). The molecule has 2 aromatic rings. The average Bonchev–Trinajstić information content (AvgIpc) is 2.83. The predicted octanol–water partition coefficient (Wildman–Crippen LogP) is 4.87. The largest absolute Gasteiger partial charge is 0.495 e. The van der Waals surface area contributed by atoms with E-state index in [9.17, 15) is 0 Å². The Hall–Kier alpha value is -0.550. The Balaban J connectivity index is 2.42. The van der Waals surface area contributed by atoms with E-state index >= 15 is 0 Å². The number of rotatable bonds is 5. The van der Waals surface area contributed by atoms with Gasteiger partial charge in [-0.25, -0.2) is 0 Å². The lowest BCUT2D eigenvalue weighted by molar-refractivity contribution is 0.414. The second-order valence-corrected chi connectivity index (χ2v) is 6.23. The fourth-order valence-corrected chi connectivity index (χ4v) is 3.83. The van der Waals surface area contributed by atoms with Crippen LogP contribution in [0.2, 0.25) is 5.02 Å². The van der Waals surface area contributed by atoms with Crippen molar-refractivity contribution in [3.8, 4) is 5.75 Å². The van der Waals surface area contributed by atoms with Crippen molar-refractivity contribution in [3.05, 3.63) is 49.6 Å². The third-order valence-corrected chi connectivity index (χ3v) is 5.07. The van der Waals surface area contributed by atoms with Crippen LogP contribution in [0.3, 0.4) is 0 Å². The highest BCUT2D eigenvalue weighted by atomic mass is 79.9. The maximum Gasteiger partial charge on any atom is 0.137 e. The van der Waals surface area contributed by atoms with Gasteiger partial charge in [-0.1, -0.05) is 24.6 Å². The third-order valence-electron chi connectivity index (χ3n) is 2.82. The molecule has 0 spiro atoms. The normalized spacial score (nSPS) is 12.4. The second kappa shape index (κ2) is 6.75. The number of ether oxygens (including phenoxy) is 1. The lowest BCUT2D eigenvalue weighted by atomic mass is 10.0. The van der Waals surface area contributed by atoms with Gasteiger partial charge in [0.2, 0.25) is 0 Å². The van der Waals surface area contributed by atoms with Crippen LogP contribution in [0.5, 0.6) is 5.75 Å². The molecule has 19 heavy (non-hydrogen) atoms. The monoisotopic (exact) mass is 359 g/mol. The number of methoxy groups -OCH3 is 1. The summed E-state index contributed by atoms with van der Waals surface area (Å²) < 4.78 is 6.42. The number of thiophene rings is 1. The topological polar surface area (TPSA) is 21.3 Å². The van der Waals surface area contributed by atoms with Crippen LogP contribution in [0.15, 0.2) is 34.1 Å². The molecule has 1 aromatic heterocycles. The number of halogens is 2. The van der Waals surface area contributed by atoms with Gasteiger partial charge >= 0.3 is 0 Å². The Morgan fingerprint density at radius 1 is 1.42 bits per heavy atom. The number of nitrogens with one attached hydrogen (secondary N) is 1. The van der Waals surface area contributed by atoms with Gasteiger partial charge in [0.05, 0.1) is 18.2 Å². The van der Waals surface area contributed by atoms with Crippen LogP contribution >= 0.6 is 38.9 Å². The van der Waals surface area contributed by atoms with Gasteiger partial charge < -0.3 is 10.1 Å². The van der Waals surface area contributed by atoms with E-state index < -0.39 is 0 Å². The number of hydrogen-bond acceptors (Lipinski definition) is 3. The highest BCUT2D eigenvalue weighted by Crippen LogP contribution is 2.35. The molecule has 0 aliphatic heterocycles. The van der Waals surface area contributed by atoms with Crippen LogP contribution in [0, 0.1) is 0 Å². The van der Waals surface area contributed by atoms with Crippen molar-refractivity contribution in [2.75, 3.05) is 13.7 Å². The highest BCUT2D eigenvalue weighted by Gasteiger charge is 2.18. The van der Waals surface area contributed by atoms with Gasteiger partial charge in [0.25, 0.3) is 0 Å². The van der Waals surface area contributed by atoms with Crippen molar-refractivity contribution >= 4 is 38.9 Å². The van der Waals surface area contributed by atoms with Crippen LogP contribution in [0.1, 0.15) is 23.4 Å². The molecular formula is C14H15BrClNOS.